The third kappa shape index (κ3) is 3.48. The van der Waals surface area contributed by atoms with Gasteiger partial charge in [0.2, 0.25) is 0 Å². The molecule has 0 saturated heterocycles. The molecule has 7 heteroatoms. The number of hydrogen-bond acceptors (Lipinski definition) is 3. The van der Waals surface area contributed by atoms with E-state index in [4.69, 9.17) is 5.11 Å². The Morgan fingerprint density at radius 2 is 2.11 bits per heavy atom. The summed E-state index contributed by atoms with van der Waals surface area (Å²) in [5.41, 5.74) is 0.921. The number of rotatable bonds is 3. The highest BCUT2D eigenvalue weighted by atomic mass is 32.1. The highest BCUT2D eigenvalue weighted by molar-refractivity contribution is 7.12. The van der Waals surface area contributed by atoms with Crippen LogP contribution in [0.25, 0.3) is 0 Å². The van der Waals surface area contributed by atoms with E-state index < -0.39 is 24.5 Å². The van der Waals surface area contributed by atoms with Crippen LogP contribution >= 0.6 is 11.3 Å². The van der Waals surface area contributed by atoms with Gasteiger partial charge in [-0.2, -0.15) is 13.2 Å². The zero-order chi connectivity index (χ0) is 14.0. The maximum Gasteiger partial charge on any atom is 0.397 e. The van der Waals surface area contributed by atoms with Gasteiger partial charge in [-0.25, -0.2) is 0 Å². The lowest BCUT2D eigenvalue weighted by atomic mass is 10.0. The van der Waals surface area contributed by atoms with Gasteiger partial charge in [0.1, 0.15) is 0 Å². The van der Waals surface area contributed by atoms with E-state index in [0.717, 1.165) is 34.9 Å². The summed E-state index contributed by atoms with van der Waals surface area (Å²) in [7, 11) is 0. The lowest BCUT2D eigenvalue weighted by Crippen LogP contribution is -2.23. The number of aliphatic carboxylic acids is 1. The zero-order valence-corrected chi connectivity index (χ0v) is 10.9. The maximum atomic E-state index is 12.9. The van der Waals surface area contributed by atoms with Gasteiger partial charge in [-0.15, -0.1) is 11.3 Å². The Labute approximate surface area is 112 Å². The Balaban J connectivity index is 2.29. The second kappa shape index (κ2) is 5.50. The predicted octanol–water partition coefficient (Wildman–Crippen LogP) is 2.56. The maximum absolute atomic E-state index is 12.9. The molecule has 1 aliphatic rings. The van der Waals surface area contributed by atoms with Crippen LogP contribution in [0.2, 0.25) is 0 Å². The van der Waals surface area contributed by atoms with E-state index in [-0.39, 0.29) is 4.88 Å². The highest BCUT2D eigenvalue weighted by Crippen LogP contribution is 2.42. The Morgan fingerprint density at radius 3 is 2.74 bits per heavy atom. The van der Waals surface area contributed by atoms with Crippen LogP contribution in [0.5, 0.6) is 0 Å². The van der Waals surface area contributed by atoms with Crippen LogP contribution in [0.3, 0.4) is 0 Å². The molecule has 1 aliphatic heterocycles. The molecule has 1 aromatic heterocycles. The molecule has 0 aliphatic carbocycles. The molecule has 0 spiro atoms. The van der Waals surface area contributed by atoms with Crippen molar-refractivity contribution in [1.29, 1.82) is 0 Å². The molecule has 2 N–H and O–H groups in total. The fourth-order valence-corrected chi connectivity index (χ4v) is 3.53. The largest absolute Gasteiger partial charge is 0.481 e. The third-order valence-electron chi connectivity index (χ3n) is 3.13. The summed E-state index contributed by atoms with van der Waals surface area (Å²) < 4.78 is 38.8. The number of alkyl halides is 3. The van der Waals surface area contributed by atoms with E-state index in [0.29, 0.717) is 12.8 Å². The average Bonchev–Trinajstić information content (AvgIpc) is 2.55. The zero-order valence-electron chi connectivity index (χ0n) is 10.1. The first-order valence-electron chi connectivity index (χ1n) is 5.98. The number of thiophene rings is 1. The van der Waals surface area contributed by atoms with E-state index >= 15 is 0 Å². The monoisotopic (exact) mass is 293 g/mol. The molecule has 1 atom stereocenters. The Bertz CT molecular complexity index is 447. The number of halogens is 3. The molecule has 0 bridgehead atoms. The van der Waals surface area contributed by atoms with Crippen LogP contribution in [0, 0.1) is 0 Å². The molecule has 0 aromatic carbocycles. The van der Waals surface area contributed by atoms with Gasteiger partial charge >= 0.3 is 12.1 Å². The third-order valence-corrected chi connectivity index (χ3v) is 4.48. The second-order valence-corrected chi connectivity index (χ2v) is 5.71. The van der Waals surface area contributed by atoms with Crippen molar-refractivity contribution in [3.63, 3.8) is 0 Å². The van der Waals surface area contributed by atoms with Crippen molar-refractivity contribution in [3.05, 3.63) is 21.4 Å². The molecular weight excluding hydrogens is 279 g/mol. The van der Waals surface area contributed by atoms with E-state index in [1.54, 1.807) is 0 Å². The second-order valence-electron chi connectivity index (χ2n) is 4.54. The number of carbonyl (C=O) groups is 1. The minimum absolute atomic E-state index is 0.127. The summed E-state index contributed by atoms with van der Waals surface area (Å²) in [5, 5.41) is 11.8. The van der Waals surface area contributed by atoms with Gasteiger partial charge in [-0.1, -0.05) is 0 Å². The molecule has 19 heavy (non-hydrogen) atoms. The lowest BCUT2D eigenvalue weighted by molar-refractivity contribution is -0.162. The minimum Gasteiger partial charge on any atom is -0.481 e. The SMILES string of the molecule is O=C(O)CC(c1cc2c(s1)CCNCC2)C(F)(F)F. The Hall–Kier alpha value is -1.08. The van der Waals surface area contributed by atoms with Crippen molar-refractivity contribution in [2.45, 2.75) is 31.4 Å². The summed E-state index contributed by atoms with van der Waals surface area (Å²) in [4.78, 5) is 11.7. The minimum atomic E-state index is -4.51. The number of carboxylic acids is 1. The average molecular weight is 293 g/mol. The van der Waals surface area contributed by atoms with Gasteiger partial charge in [-0.05, 0) is 37.6 Å². The molecule has 0 amide bonds. The van der Waals surface area contributed by atoms with Crippen LogP contribution in [0.1, 0.15) is 27.7 Å². The predicted molar refractivity (Wildman–Crippen MR) is 65.6 cm³/mol. The fourth-order valence-electron chi connectivity index (χ4n) is 2.19. The van der Waals surface area contributed by atoms with E-state index in [1.165, 1.54) is 6.07 Å². The molecule has 0 radical (unpaired) electrons. The van der Waals surface area contributed by atoms with Crippen molar-refractivity contribution in [3.8, 4) is 0 Å². The number of carboxylic acid groups (broad SMARTS) is 1. The first kappa shape index (κ1) is 14.3. The van der Waals surface area contributed by atoms with Crippen LogP contribution < -0.4 is 5.32 Å². The van der Waals surface area contributed by atoms with Gasteiger partial charge in [0.05, 0.1) is 12.3 Å². The van der Waals surface area contributed by atoms with Gasteiger partial charge in [-0.3, -0.25) is 4.79 Å². The van der Waals surface area contributed by atoms with Crippen LogP contribution in [-0.2, 0) is 17.6 Å². The van der Waals surface area contributed by atoms with Crippen LogP contribution in [0.4, 0.5) is 13.2 Å². The first-order chi connectivity index (χ1) is 8.88. The molecular formula is C12H14F3NO2S. The summed E-state index contributed by atoms with van der Waals surface area (Å²) in [6.45, 7) is 1.50. The van der Waals surface area contributed by atoms with Crippen molar-refractivity contribution >= 4 is 17.3 Å². The van der Waals surface area contributed by atoms with E-state index in [9.17, 15) is 18.0 Å². The number of fused-ring (bicyclic) bond motifs is 1. The van der Waals surface area contributed by atoms with Gasteiger partial charge in [0.15, 0.2) is 0 Å². The highest BCUT2D eigenvalue weighted by Gasteiger charge is 2.43. The van der Waals surface area contributed by atoms with Crippen molar-refractivity contribution < 1.29 is 23.1 Å². The molecule has 2 heterocycles. The van der Waals surface area contributed by atoms with Crippen LogP contribution in [0.15, 0.2) is 6.07 Å². The molecule has 106 valence electrons. The van der Waals surface area contributed by atoms with Gasteiger partial charge in [0.25, 0.3) is 0 Å². The quantitative estimate of drug-likeness (QED) is 0.900. The summed E-state index contributed by atoms with van der Waals surface area (Å²) >= 11 is 1.10. The van der Waals surface area contributed by atoms with Crippen molar-refractivity contribution in [2.75, 3.05) is 13.1 Å². The standard InChI is InChI=1S/C12H14F3NO2S/c13-12(14,15)8(6-11(17)18)10-5-7-1-3-16-4-2-9(7)19-10/h5,8,16H,1-4,6H2,(H,17,18). The molecule has 1 aromatic rings. The van der Waals surface area contributed by atoms with Crippen molar-refractivity contribution in [2.24, 2.45) is 0 Å². The van der Waals surface area contributed by atoms with E-state index in [1.807, 2.05) is 0 Å². The summed E-state index contributed by atoms with van der Waals surface area (Å²) in [6, 6.07) is 1.54. The number of hydrogen-bond donors (Lipinski definition) is 2. The van der Waals surface area contributed by atoms with Gasteiger partial charge in [0, 0.05) is 9.75 Å². The summed E-state index contributed by atoms with van der Waals surface area (Å²) in [5.74, 6) is -3.32. The normalized spacial score (nSPS) is 17.6. The van der Waals surface area contributed by atoms with E-state index in [2.05, 4.69) is 5.32 Å². The Morgan fingerprint density at radius 1 is 1.42 bits per heavy atom. The van der Waals surface area contributed by atoms with Crippen molar-refractivity contribution in [1.82, 2.24) is 5.32 Å². The first-order valence-corrected chi connectivity index (χ1v) is 6.80. The summed E-state index contributed by atoms with van der Waals surface area (Å²) in [6.07, 6.45) is -4.01. The van der Waals surface area contributed by atoms with Gasteiger partial charge < -0.3 is 10.4 Å². The molecule has 0 saturated carbocycles. The van der Waals surface area contributed by atoms with Crippen LogP contribution in [-0.4, -0.2) is 30.3 Å². The smallest absolute Gasteiger partial charge is 0.397 e. The topological polar surface area (TPSA) is 49.3 Å². The lowest BCUT2D eigenvalue weighted by Gasteiger charge is -2.16. The molecule has 1 unspecified atom stereocenters. The Kier molecular flexibility index (Phi) is 4.15. The molecule has 3 nitrogen and oxygen atoms in total. The number of nitrogens with one attached hydrogen (secondary N) is 1. The molecule has 0 fully saturated rings. The fraction of sp³-hybridized carbons (Fsp3) is 0.583. The molecule has 2 rings (SSSR count).